The van der Waals surface area contributed by atoms with Crippen molar-refractivity contribution in [2.24, 2.45) is 11.1 Å². The van der Waals surface area contributed by atoms with Gasteiger partial charge in [-0.3, -0.25) is 4.57 Å². The predicted molar refractivity (Wildman–Crippen MR) is 65.1 cm³/mol. The molecule has 0 amide bonds. The van der Waals surface area contributed by atoms with Crippen molar-refractivity contribution in [3.8, 4) is 10.7 Å². The molecule has 0 unspecified atom stereocenters. The number of rotatable bonds is 4. The van der Waals surface area contributed by atoms with E-state index in [0.717, 1.165) is 11.5 Å². The first-order valence-corrected chi connectivity index (χ1v) is 7.45. The van der Waals surface area contributed by atoms with Gasteiger partial charge in [0, 0.05) is 6.54 Å². The van der Waals surface area contributed by atoms with Crippen molar-refractivity contribution in [1.82, 2.24) is 24.4 Å². The number of hydrogen-bond acceptors (Lipinski definition) is 7. The van der Waals surface area contributed by atoms with Crippen molar-refractivity contribution in [3.63, 3.8) is 0 Å². The monoisotopic (exact) mass is 288 g/mol. The van der Waals surface area contributed by atoms with E-state index in [9.17, 15) is 8.42 Å². The molecular weight excluding hydrogens is 276 g/mol. The molecule has 2 heterocycles. The maximum absolute atomic E-state index is 11.4. The van der Waals surface area contributed by atoms with Crippen LogP contribution < -0.4 is 5.14 Å². The standard InChI is InChI=1S/C8H12N6O2S2/c1-5(2)4-14-7(6-3-10-13-17-6)11-12-8(14)18(9,15)16/h3,5H,4H2,1-2H3,(H2,9,15,16). The Morgan fingerprint density at radius 1 is 1.44 bits per heavy atom. The average molecular weight is 288 g/mol. The van der Waals surface area contributed by atoms with Crippen molar-refractivity contribution in [1.29, 1.82) is 0 Å². The number of primary sulfonamides is 1. The van der Waals surface area contributed by atoms with Crippen LogP contribution in [-0.2, 0) is 16.6 Å². The van der Waals surface area contributed by atoms with Gasteiger partial charge in [0.2, 0.25) is 0 Å². The molecule has 0 saturated carbocycles. The average Bonchev–Trinajstić information content (AvgIpc) is 2.81. The second kappa shape index (κ2) is 4.71. The molecule has 8 nitrogen and oxygen atoms in total. The van der Waals surface area contributed by atoms with Crippen molar-refractivity contribution in [2.75, 3.05) is 0 Å². The van der Waals surface area contributed by atoms with Crippen LogP contribution in [0, 0.1) is 5.92 Å². The van der Waals surface area contributed by atoms with Gasteiger partial charge in [-0.2, -0.15) is 0 Å². The van der Waals surface area contributed by atoms with Gasteiger partial charge >= 0.3 is 0 Å². The molecule has 18 heavy (non-hydrogen) atoms. The molecule has 0 aliphatic carbocycles. The fourth-order valence-corrected chi connectivity index (χ4v) is 2.61. The molecule has 2 N–H and O–H groups in total. The minimum absolute atomic E-state index is 0.223. The first-order chi connectivity index (χ1) is 8.39. The highest BCUT2D eigenvalue weighted by atomic mass is 32.2. The Morgan fingerprint density at radius 2 is 2.17 bits per heavy atom. The van der Waals surface area contributed by atoms with Crippen LogP contribution in [0.25, 0.3) is 10.7 Å². The van der Waals surface area contributed by atoms with Gasteiger partial charge in [-0.1, -0.05) is 18.3 Å². The molecule has 0 atom stereocenters. The lowest BCUT2D eigenvalue weighted by Gasteiger charge is -2.10. The van der Waals surface area contributed by atoms with Crippen molar-refractivity contribution >= 4 is 21.6 Å². The molecule has 0 aliphatic rings. The predicted octanol–water partition coefficient (Wildman–Crippen LogP) is 0.100. The lowest BCUT2D eigenvalue weighted by Crippen LogP contribution is -2.20. The van der Waals surface area contributed by atoms with Gasteiger partial charge in [-0.15, -0.1) is 15.3 Å². The van der Waals surface area contributed by atoms with Gasteiger partial charge < -0.3 is 0 Å². The highest BCUT2D eigenvalue weighted by molar-refractivity contribution is 7.89. The summed E-state index contributed by atoms with van der Waals surface area (Å²) in [6.07, 6.45) is 1.51. The third-order valence-corrected chi connectivity index (χ3v) is 3.57. The fraction of sp³-hybridized carbons (Fsp3) is 0.500. The molecule has 0 radical (unpaired) electrons. The van der Waals surface area contributed by atoms with E-state index < -0.39 is 10.0 Å². The summed E-state index contributed by atoms with van der Waals surface area (Å²) < 4.78 is 28.1. The van der Waals surface area contributed by atoms with Gasteiger partial charge in [0.15, 0.2) is 5.82 Å². The summed E-state index contributed by atoms with van der Waals surface area (Å²) in [4.78, 5) is 0.651. The number of aromatic nitrogens is 5. The van der Waals surface area contributed by atoms with Crippen LogP contribution >= 0.6 is 11.5 Å². The second-order valence-corrected chi connectivity index (χ2v) is 6.38. The van der Waals surface area contributed by atoms with E-state index in [2.05, 4.69) is 19.8 Å². The molecule has 0 fully saturated rings. The molecule has 0 aromatic carbocycles. The Labute approximate surface area is 108 Å². The maximum atomic E-state index is 11.4. The van der Waals surface area contributed by atoms with Gasteiger partial charge in [-0.05, 0) is 17.5 Å². The normalized spacial score (nSPS) is 12.2. The quantitative estimate of drug-likeness (QED) is 0.852. The van der Waals surface area contributed by atoms with E-state index in [-0.39, 0.29) is 11.1 Å². The summed E-state index contributed by atoms with van der Waals surface area (Å²) in [5.41, 5.74) is 0. The van der Waals surface area contributed by atoms with Crippen LogP contribution in [0.15, 0.2) is 11.4 Å². The molecule has 2 rings (SSSR count). The van der Waals surface area contributed by atoms with E-state index in [4.69, 9.17) is 5.14 Å². The van der Waals surface area contributed by atoms with Crippen LogP contribution in [-0.4, -0.2) is 32.8 Å². The molecule has 10 heteroatoms. The lowest BCUT2D eigenvalue weighted by atomic mass is 10.2. The molecule has 0 saturated heterocycles. The van der Waals surface area contributed by atoms with E-state index >= 15 is 0 Å². The Balaban J connectivity index is 2.58. The van der Waals surface area contributed by atoms with Gasteiger partial charge in [0.1, 0.15) is 4.88 Å². The van der Waals surface area contributed by atoms with E-state index in [1.807, 2.05) is 13.8 Å². The highest BCUT2D eigenvalue weighted by Gasteiger charge is 2.23. The van der Waals surface area contributed by atoms with Crippen molar-refractivity contribution < 1.29 is 8.42 Å². The van der Waals surface area contributed by atoms with Gasteiger partial charge in [-0.25, -0.2) is 13.6 Å². The van der Waals surface area contributed by atoms with Crippen molar-refractivity contribution in [3.05, 3.63) is 6.20 Å². The minimum Gasteiger partial charge on any atom is -0.296 e. The third kappa shape index (κ3) is 2.54. The molecule has 0 spiro atoms. The fourth-order valence-electron chi connectivity index (χ4n) is 1.48. The molecule has 0 aliphatic heterocycles. The van der Waals surface area contributed by atoms with Gasteiger partial charge in [0.05, 0.1) is 6.20 Å². The lowest BCUT2D eigenvalue weighted by molar-refractivity contribution is 0.486. The maximum Gasteiger partial charge on any atom is 0.273 e. The molecular formula is C8H12N6O2S2. The Morgan fingerprint density at radius 3 is 2.67 bits per heavy atom. The van der Waals surface area contributed by atoms with Crippen LogP contribution in [0.1, 0.15) is 13.8 Å². The number of nitrogens with zero attached hydrogens (tertiary/aromatic N) is 5. The summed E-state index contributed by atoms with van der Waals surface area (Å²) >= 11 is 1.12. The summed E-state index contributed by atoms with van der Waals surface area (Å²) in [5.74, 6) is 0.642. The third-order valence-electron chi connectivity index (χ3n) is 2.10. The number of sulfonamides is 1. The smallest absolute Gasteiger partial charge is 0.273 e. The Kier molecular flexibility index (Phi) is 3.41. The summed E-state index contributed by atoms with van der Waals surface area (Å²) in [6.45, 7) is 4.37. The zero-order valence-corrected chi connectivity index (χ0v) is 11.4. The Bertz CT molecular complexity index is 631. The minimum atomic E-state index is -3.90. The van der Waals surface area contributed by atoms with Crippen LogP contribution in [0.2, 0.25) is 0 Å². The summed E-state index contributed by atoms with van der Waals surface area (Å²) in [5, 5.41) is 16.1. The molecule has 2 aromatic rings. The van der Waals surface area contributed by atoms with Crippen molar-refractivity contribution in [2.45, 2.75) is 25.5 Å². The van der Waals surface area contributed by atoms with Gasteiger partial charge in [0.25, 0.3) is 15.2 Å². The summed E-state index contributed by atoms with van der Waals surface area (Å²) in [7, 11) is -3.90. The largest absolute Gasteiger partial charge is 0.296 e. The van der Waals surface area contributed by atoms with E-state index in [1.54, 1.807) is 0 Å². The van der Waals surface area contributed by atoms with E-state index in [0.29, 0.717) is 17.2 Å². The highest BCUT2D eigenvalue weighted by Crippen LogP contribution is 2.23. The zero-order valence-electron chi connectivity index (χ0n) is 9.81. The SMILES string of the molecule is CC(C)Cn1c(-c2cnns2)nnc1S(N)(=O)=O. The van der Waals surface area contributed by atoms with Crippen LogP contribution in [0.4, 0.5) is 0 Å². The van der Waals surface area contributed by atoms with Crippen LogP contribution in [0.3, 0.4) is 0 Å². The first-order valence-electron chi connectivity index (χ1n) is 5.13. The van der Waals surface area contributed by atoms with Crippen LogP contribution in [0.5, 0.6) is 0 Å². The number of hydrogen-bond donors (Lipinski definition) is 1. The Hall–Kier alpha value is -1.39. The zero-order chi connectivity index (χ0) is 13.3. The topological polar surface area (TPSA) is 117 Å². The second-order valence-electron chi connectivity index (χ2n) is 4.14. The van der Waals surface area contributed by atoms with E-state index in [1.165, 1.54) is 10.8 Å². The molecule has 2 aromatic heterocycles. The summed E-state index contributed by atoms with van der Waals surface area (Å²) in [6, 6.07) is 0. The number of nitrogens with two attached hydrogens (primary N) is 1. The first kappa shape index (κ1) is 13.1. The molecule has 98 valence electrons. The molecule has 0 bridgehead atoms.